The Morgan fingerprint density at radius 3 is 2.95 bits per heavy atom. The first kappa shape index (κ1) is 13.3. The number of hydrogen-bond acceptors (Lipinski definition) is 3. The first-order chi connectivity index (χ1) is 9.44. The molecule has 104 valence electrons. The van der Waals surface area contributed by atoms with Gasteiger partial charge in [-0.1, -0.05) is 26.0 Å². The van der Waals surface area contributed by atoms with Crippen LogP contribution in [-0.2, 0) is 12.8 Å². The van der Waals surface area contributed by atoms with Gasteiger partial charge in [-0.2, -0.15) is 0 Å². The maximum absolute atomic E-state index is 11.0. The molecular weight excluding hydrogens is 270 g/mol. The Hall–Kier alpha value is -1.68. The maximum Gasteiger partial charge on any atom is 0.335 e. The lowest BCUT2D eigenvalue weighted by Gasteiger charge is -2.28. The average Bonchev–Trinajstić information content (AvgIpc) is 2.80. The third kappa shape index (κ3) is 2.48. The number of aromatic carboxylic acids is 1. The second-order valence-electron chi connectivity index (χ2n) is 6.12. The number of rotatable bonds is 2. The second kappa shape index (κ2) is 4.70. The Morgan fingerprint density at radius 1 is 1.40 bits per heavy atom. The molecule has 0 aliphatic heterocycles. The predicted octanol–water partition coefficient (Wildman–Crippen LogP) is 4.02. The lowest BCUT2D eigenvalue weighted by atomic mass is 9.79. The lowest BCUT2D eigenvalue weighted by Crippen LogP contribution is -2.20. The van der Waals surface area contributed by atoms with Gasteiger partial charge in [0.25, 0.3) is 0 Å². The fourth-order valence-corrected chi connectivity index (χ4v) is 3.97. The molecule has 0 bridgehead atoms. The summed E-state index contributed by atoms with van der Waals surface area (Å²) in [6.45, 7) is 4.58. The lowest BCUT2D eigenvalue weighted by molar-refractivity contribution is 0.0697. The van der Waals surface area contributed by atoms with Crippen LogP contribution in [0.15, 0.2) is 24.3 Å². The number of carboxylic acid groups (broad SMARTS) is 1. The molecule has 0 fully saturated rings. The van der Waals surface area contributed by atoms with Crippen LogP contribution in [0.25, 0.3) is 10.6 Å². The van der Waals surface area contributed by atoms with Crippen molar-refractivity contribution in [3.63, 3.8) is 0 Å². The van der Waals surface area contributed by atoms with Crippen LogP contribution in [0.3, 0.4) is 0 Å². The molecule has 1 aliphatic rings. The van der Waals surface area contributed by atoms with E-state index >= 15 is 0 Å². The largest absolute Gasteiger partial charge is 0.478 e. The molecule has 0 amide bonds. The number of thiazole rings is 1. The van der Waals surface area contributed by atoms with Crippen molar-refractivity contribution in [1.29, 1.82) is 0 Å². The van der Waals surface area contributed by atoms with Crippen molar-refractivity contribution in [3.05, 3.63) is 40.4 Å². The molecular formula is C16H17NO2S. The van der Waals surface area contributed by atoms with E-state index in [0.29, 0.717) is 11.0 Å². The van der Waals surface area contributed by atoms with E-state index in [1.807, 2.05) is 6.07 Å². The molecule has 0 saturated carbocycles. The average molecular weight is 287 g/mol. The fourth-order valence-electron chi connectivity index (χ4n) is 2.61. The second-order valence-corrected chi connectivity index (χ2v) is 7.20. The molecule has 0 unspecified atom stereocenters. The van der Waals surface area contributed by atoms with Crippen molar-refractivity contribution in [2.24, 2.45) is 5.41 Å². The quantitative estimate of drug-likeness (QED) is 0.907. The zero-order valence-electron chi connectivity index (χ0n) is 11.6. The summed E-state index contributed by atoms with van der Waals surface area (Å²) in [5, 5.41) is 10.0. The summed E-state index contributed by atoms with van der Waals surface area (Å²) in [6, 6.07) is 7.03. The van der Waals surface area contributed by atoms with Crippen LogP contribution in [-0.4, -0.2) is 16.1 Å². The van der Waals surface area contributed by atoms with Gasteiger partial charge in [0.1, 0.15) is 5.01 Å². The molecule has 0 saturated heterocycles. The minimum atomic E-state index is -0.894. The molecule has 4 heteroatoms. The summed E-state index contributed by atoms with van der Waals surface area (Å²) >= 11 is 1.71. The molecule has 3 rings (SSSR count). The third-order valence-electron chi connectivity index (χ3n) is 3.81. The van der Waals surface area contributed by atoms with Gasteiger partial charge in [-0.05, 0) is 36.8 Å². The highest BCUT2D eigenvalue weighted by atomic mass is 32.1. The van der Waals surface area contributed by atoms with E-state index in [0.717, 1.165) is 23.4 Å². The number of carboxylic acids is 1. The summed E-state index contributed by atoms with van der Waals surface area (Å²) < 4.78 is 0. The molecule has 2 aromatic rings. The molecule has 1 N–H and O–H groups in total. The van der Waals surface area contributed by atoms with E-state index in [4.69, 9.17) is 10.1 Å². The van der Waals surface area contributed by atoms with E-state index in [9.17, 15) is 4.79 Å². The van der Waals surface area contributed by atoms with Crippen molar-refractivity contribution >= 4 is 17.3 Å². The molecule has 1 aromatic carbocycles. The highest BCUT2D eigenvalue weighted by Gasteiger charge is 2.28. The van der Waals surface area contributed by atoms with Gasteiger partial charge in [0.15, 0.2) is 0 Å². The van der Waals surface area contributed by atoms with E-state index in [1.54, 1.807) is 29.5 Å². The molecule has 0 atom stereocenters. The molecule has 0 spiro atoms. The van der Waals surface area contributed by atoms with Crippen LogP contribution in [0.1, 0.15) is 41.2 Å². The first-order valence-electron chi connectivity index (χ1n) is 6.77. The third-order valence-corrected chi connectivity index (χ3v) is 4.96. The van der Waals surface area contributed by atoms with Crippen LogP contribution in [0.2, 0.25) is 0 Å². The minimum absolute atomic E-state index is 0.316. The number of nitrogens with zero attached hydrogens (tertiary/aromatic N) is 1. The van der Waals surface area contributed by atoms with E-state index < -0.39 is 5.97 Å². The molecule has 1 aromatic heterocycles. The van der Waals surface area contributed by atoms with Crippen LogP contribution in [0.4, 0.5) is 0 Å². The fraction of sp³-hybridized carbons (Fsp3) is 0.375. The van der Waals surface area contributed by atoms with Crippen LogP contribution < -0.4 is 0 Å². The summed E-state index contributed by atoms with van der Waals surface area (Å²) in [7, 11) is 0. The summed E-state index contributed by atoms with van der Waals surface area (Å²) in [5.41, 5.74) is 2.77. The highest BCUT2D eigenvalue weighted by molar-refractivity contribution is 7.15. The minimum Gasteiger partial charge on any atom is -0.478 e. The number of aryl methyl sites for hydroxylation is 1. The van der Waals surface area contributed by atoms with Gasteiger partial charge < -0.3 is 5.11 Å². The van der Waals surface area contributed by atoms with Gasteiger partial charge >= 0.3 is 5.97 Å². The molecule has 3 nitrogen and oxygen atoms in total. The number of fused-ring (bicyclic) bond motifs is 1. The highest BCUT2D eigenvalue weighted by Crippen LogP contribution is 2.39. The Kier molecular flexibility index (Phi) is 3.13. The standard InChI is InChI=1S/C16H17NO2S/c1-16(2)7-6-12-13(9-16)20-14(17-12)10-4-3-5-11(8-10)15(18)19/h3-5,8H,6-7,9H2,1-2H3,(H,18,19). The predicted molar refractivity (Wildman–Crippen MR) is 80.3 cm³/mol. The van der Waals surface area contributed by atoms with Gasteiger partial charge in [-0.3, -0.25) is 0 Å². The Morgan fingerprint density at radius 2 is 2.20 bits per heavy atom. The molecule has 1 heterocycles. The smallest absolute Gasteiger partial charge is 0.335 e. The van der Waals surface area contributed by atoms with Crippen LogP contribution in [0, 0.1) is 5.41 Å². The summed E-state index contributed by atoms with van der Waals surface area (Å²) in [4.78, 5) is 17.1. The van der Waals surface area contributed by atoms with Crippen molar-refractivity contribution in [2.75, 3.05) is 0 Å². The number of aromatic nitrogens is 1. The monoisotopic (exact) mass is 287 g/mol. The topological polar surface area (TPSA) is 50.2 Å². The van der Waals surface area contributed by atoms with Gasteiger partial charge in [-0.25, -0.2) is 9.78 Å². The van der Waals surface area contributed by atoms with Gasteiger partial charge in [0.05, 0.1) is 11.3 Å². The molecule has 0 radical (unpaired) electrons. The van der Waals surface area contributed by atoms with Crippen molar-refractivity contribution in [3.8, 4) is 10.6 Å². The Labute approximate surface area is 122 Å². The van der Waals surface area contributed by atoms with Gasteiger partial charge in [0.2, 0.25) is 0 Å². The van der Waals surface area contributed by atoms with E-state index in [2.05, 4.69) is 13.8 Å². The zero-order chi connectivity index (χ0) is 14.3. The van der Waals surface area contributed by atoms with Crippen molar-refractivity contribution < 1.29 is 9.90 Å². The van der Waals surface area contributed by atoms with Gasteiger partial charge in [0, 0.05) is 10.4 Å². The molecule has 1 aliphatic carbocycles. The molecule has 20 heavy (non-hydrogen) atoms. The van der Waals surface area contributed by atoms with Crippen LogP contribution >= 0.6 is 11.3 Å². The van der Waals surface area contributed by atoms with Gasteiger partial charge in [-0.15, -0.1) is 11.3 Å². The zero-order valence-corrected chi connectivity index (χ0v) is 12.5. The first-order valence-corrected chi connectivity index (χ1v) is 7.59. The summed E-state index contributed by atoms with van der Waals surface area (Å²) in [5.74, 6) is -0.894. The maximum atomic E-state index is 11.0. The van der Waals surface area contributed by atoms with E-state index in [1.165, 1.54) is 17.0 Å². The normalized spacial score (nSPS) is 16.7. The summed E-state index contributed by atoms with van der Waals surface area (Å²) in [6.07, 6.45) is 3.26. The van der Waals surface area contributed by atoms with Crippen molar-refractivity contribution in [1.82, 2.24) is 4.98 Å². The SMILES string of the molecule is CC1(C)CCc2nc(-c3cccc(C(=O)O)c3)sc2C1. The number of carbonyl (C=O) groups is 1. The Bertz CT molecular complexity index is 673. The van der Waals surface area contributed by atoms with E-state index in [-0.39, 0.29) is 0 Å². The van der Waals surface area contributed by atoms with Crippen LogP contribution in [0.5, 0.6) is 0 Å². The number of benzene rings is 1. The van der Waals surface area contributed by atoms with Crippen molar-refractivity contribution in [2.45, 2.75) is 33.1 Å². The Balaban J connectivity index is 1.98. The number of hydrogen-bond donors (Lipinski definition) is 1.